The van der Waals surface area contributed by atoms with E-state index in [1.54, 1.807) is 12.4 Å². The molecule has 1 heterocycles. The van der Waals surface area contributed by atoms with Crippen LogP contribution in [0.4, 0.5) is 0 Å². The average molecular weight is 251 g/mol. The number of ether oxygens (including phenoxy) is 1. The van der Waals surface area contributed by atoms with Crippen LogP contribution in [0, 0.1) is 5.92 Å². The van der Waals surface area contributed by atoms with Crippen LogP contribution in [-0.4, -0.2) is 22.6 Å². The van der Waals surface area contributed by atoms with Crippen molar-refractivity contribution in [3.8, 4) is 5.88 Å². The maximum absolute atomic E-state index is 5.77. The molecule has 0 saturated heterocycles. The summed E-state index contributed by atoms with van der Waals surface area (Å²) in [7, 11) is 0. The van der Waals surface area contributed by atoms with Crippen molar-refractivity contribution in [2.45, 2.75) is 53.2 Å². The fourth-order valence-corrected chi connectivity index (χ4v) is 1.84. The van der Waals surface area contributed by atoms with Crippen molar-refractivity contribution in [2.75, 3.05) is 6.54 Å². The van der Waals surface area contributed by atoms with Gasteiger partial charge in [0.15, 0.2) is 0 Å². The highest BCUT2D eigenvalue weighted by Crippen LogP contribution is 2.12. The van der Waals surface area contributed by atoms with Gasteiger partial charge in [0.25, 0.3) is 0 Å². The molecular formula is C14H25N3O. The van der Waals surface area contributed by atoms with Crippen LogP contribution >= 0.6 is 0 Å². The van der Waals surface area contributed by atoms with E-state index in [9.17, 15) is 0 Å². The first kappa shape index (κ1) is 14.9. The molecule has 0 radical (unpaired) electrons. The van der Waals surface area contributed by atoms with Gasteiger partial charge in [0, 0.05) is 12.7 Å². The molecule has 0 aliphatic rings. The highest BCUT2D eigenvalue weighted by molar-refractivity contribution is 5.08. The zero-order valence-electron chi connectivity index (χ0n) is 11.9. The molecule has 0 aliphatic carbocycles. The Morgan fingerprint density at radius 3 is 2.72 bits per heavy atom. The van der Waals surface area contributed by atoms with E-state index in [1.807, 2.05) is 0 Å². The fraction of sp³-hybridized carbons (Fsp3) is 0.714. The third-order valence-electron chi connectivity index (χ3n) is 2.52. The monoisotopic (exact) mass is 251 g/mol. The summed E-state index contributed by atoms with van der Waals surface area (Å²) in [4.78, 5) is 8.61. The average Bonchev–Trinajstić information content (AvgIpc) is 2.28. The first-order valence-electron chi connectivity index (χ1n) is 6.80. The van der Waals surface area contributed by atoms with Crippen LogP contribution in [0.2, 0.25) is 0 Å². The number of aromatic nitrogens is 2. The second-order valence-electron chi connectivity index (χ2n) is 5.08. The van der Waals surface area contributed by atoms with Crippen LogP contribution in [0.1, 0.15) is 46.2 Å². The third-order valence-corrected chi connectivity index (χ3v) is 2.52. The third kappa shape index (κ3) is 5.96. The lowest BCUT2D eigenvalue weighted by atomic mass is 10.1. The van der Waals surface area contributed by atoms with Gasteiger partial charge < -0.3 is 10.1 Å². The smallest absolute Gasteiger partial charge is 0.232 e. The van der Waals surface area contributed by atoms with E-state index in [4.69, 9.17) is 4.74 Å². The summed E-state index contributed by atoms with van der Waals surface area (Å²) in [5, 5.41) is 3.31. The van der Waals surface area contributed by atoms with Gasteiger partial charge in [0.2, 0.25) is 5.88 Å². The predicted octanol–water partition coefficient (Wildman–Crippen LogP) is 2.79. The SMILES string of the molecule is CCCNCc1cncc(OC(C)CC(C)C)n1. The molecule has 0 bridgehead atoms. The normalized spacial score (nSPS) is 12.7. The highest BCUT2D eigenvalue weighted by Gasteiger charge is 2.08. The Kier molecular flexibility index (Phi) is 6.65. The van der Waals surface area contributed by atoms with Crippen LogP contribution in [0.3, 0.4) is 0 Å². The topological polar surface area (TPSA) is 47.0 Å². The minimum atomic E-state index is 0.179. The molecule has 0 saturated carbocycles. The van der Waals surface area contributed by atoms with Gasteiger partial charge in [-0.05, 0) is 32.2 Å². The summed E-state index contributed by atoms with van der Waals surface area (Å²) >= 11 is 0. The van der Waals surface area contributed by atoms with Gasteiger partial charge in [-0.1, -0.05) is 20.8 Å². The molecule has 1 rings (SSSR count). The molecule has 4 heteroatoms. The highest BCUT2D eigenvalue weighted by atomic mass is 16.5. The molecule has 0 aliphatic heterocycles. The van der Waals surface area contributed by atoms with E-state index in [0.29, 0.717) is 11.8 Å². The van der Waals surface area contributed by atoms with Crippen LogP contribution in [0.15, 0.2) is 12.4 Å². The lowest BCUT2D eigenvalue weighted by Gasteiger charge is -2.15. The van der Waals surface area contributed by atoms with E-state index < -0.39 is 0 Å². The fourth-order valence-electron chi connectivity index (χ4n) is 1.84. The molecule has 0 spiro atoms. The molecule has 18 heavy (non-hydrogen) atoms. The number of nitrogens with one attached hydrogen (secondary N) is 1. The standard InChI is InChI=1S/C14H25N3O/c1-5-6-15-8-13-9-16-10-14(17-13)18-12(4)7-11(2)3/h9-12,15H,5-8H2,1-4H3. The van der Waals surface area contributed by atoms with Gasteiger partial charge in [-0.25, -0.2) is 4.98 Å². The molecule has 1 atom stereocenters. The summed E-state index contributed by atoms with van der Waals surface area (Å²) in [6.45, 7) is 10.3. The summed E-state index contributed by atoms with van der Waals surface area (Å²) in [6, 6.07) is 0. The maximum Gasteiger partial charge on any atom is 0.232 e. The Bertz CT molecular complexity index is 342. The number of hydrogen-bond acceptors (Lipinski definition) is 4. The molecular weight excluding hydrogens is 226 g/mol. The Labute approximate surface area is 110 Å². The Morgan fingerprint density at radius 1 is 1.28 bits per heavy atom. The first-order valence-corrected chi connectivity index (χ1v) is 6.80. The summed E-state index contributed by atoms with van der Waals surface area (Å²) in [5.74, 6) is 1.25. The Hall–Kier alpha value is -1.16. The van der Waals surface area contributed by atoms with Crippen molar-refractivity contribution in [2.24, 2.45) is 5.92 Å². The van der Waals surface area contributed by atoms with Crippen molar-refractivity contribution in [1.29, 1.82) is 0 Å². The molecule has 0 fully saturated rings. The number of hydrogen-bond donors (Lipinski definition) is 1. The zero-order chi connectivity index (χ0) is 13.4. The van der Waals surface area contributed by atoms with Gasteiger partial charge in [-0.3, -0.25) is 4.98 Å². The minimum Gasteiger partial charge on any atom is -0.474 e. The quantitative estimate of drug-likeness (QED) is 0.722. The van der Waals surface area contributed by atoms with Crippen molar-refractivity contribution in [3.05, 3.63) is 18.1 Å². The van der Waals surface area contributed by atoms with Crippen molar-refractivity contribution in [1.82, 2.24) is 15.3 Å². The predicted molar refractivity (Wildman–Crippen MR) is 73.6 cm³/mol. The van der Waals surface area contributed by atoms with Crippen LogP contribution in [0.25, 0.3) is 0 Å². The second kappa shape index (κ2) is 8.03. The first-order chi connectivity index (χ1) is 8.61. The molecule has 1 unspecified atom stereocenters. The van der Waals surface area contributed by atoms with Crippen molar-refractivity contribution in [3.63, 3.8) is 0 Å². The molecule has 1 aromatic heterocycles. The van der Waals surface area contributed by atoms with E-state index in [0.717, 1.165) is 31.6 Å². The van der Waals surface area contributed by atoms with Crippen LogP contribution in [-0.2, 0) is 6.54 Å². The molecule has 0 amide bonds. The van der Waals surface area contributed by atoms with Crippen molar-refractivity contribution < 1.29 is 4.74 Å². The van der Waals surface area contributed by atoms with Gasteiger partial charge in [0.1, 0.15) is 0 Å². The van der Waals surface area contributed by atoms with Crippen LogP contribution in [0.5, 0.6) is 5.88 Å². The lowest BCUT2D eigenvalue weighted by molar-refractivity contribution is 0.184. The van der Waals surface area contributed by atoms with E-state index in [2.05, 4.69) is 43.0 Å². The molecule has 1 aromatic rings. The second-order valence-corrected chi connectivity index (χ2v) is 5.08. The van der Waals surface area contributed by atoms with E-state index in [-0.39, 0.29) is 6.10 Å². The van der Waals surface area contributed by atoms with Crippen molar-refractivity contribution >= 4 is 0 Å². The van der Waals surface area contributed by atoms with E-state index in [1.165, 1.54) is 0 Å². The lowest BCUT2D eigenvalue weighted by Crippen LogP contribution is -2.17. The number of rotatable bonds is 8. The van der Waals surface area contributed by atoms with Crippen LogP contribution < -0.4 is 10.1 Å². The largest absolute Gasteiger partial charge is 0.474 e. The number of nitrogens with zero attached hydrogens (tertiary/aromatic N) is 2. The van der Waals surface area contributed by atoms with Gasteiger partial charge >= 0.3 is 0 Å². The summed E-state index contributed by atoms with van der Waals surface area (Å²) in [5.41, 5.74) is 0.928. The van der Waals surface area contributed by atoms with Gasteiger partial charge in [-0.2, -0.15) is 0 Å². The summed E-state index contributed by atoms with van der Waals surface area (Å²) < 4.78 is 5.77. The molecule has 102 valence electrons. The summed E-state index contributed by atoms with van der Waals surface area (Å²) in [6.07, 6.45) is 5.79. The van der Waals surface area contributed by atoms with Gasteiger partial charge in [0.05, 0.1) is 18.0 Å². The Morgan fingerprint density at radius 2 is 2.06 bits per heavy atom. The molecule has 4 nitrogen and oxygen atoms in total. The van der Waals surface area contributed by atoms with E-state index >= 15 is 0 Å². The molecule has 0 aromatic carbocycles. The van der Waals surface area contributed by atoms with Gasteiger partial charge in [-0.15, -0.1) is 0 Å². The zero-order valence-corrected chi connectivity index (χ0v) is 11.9. The maximum atomic E-state index is 5.77. The Balaban J connectivity index is 2.48. The minimum absolute atomic E-state index is 0.179. The molecule has 1 N–H and O–H groups in total.